The van der Waals surface area contributed by atoms with Crippen LogP contribution in [-0.4, -0.2) is 32.2 Å². The smallest absolute Gasteiger partial charge is 0.256 e. The second-order valence-electron chi connectivity index (χ2n) is 6.83. The summed E-state index contributed by atoms with van der Waals surface area (Å²) in [5.74, 6) is 2.45. The van der Waals surface area contributed by atoms with Gasteiger partial charge in [0.2, 0.25) is 5.89 Å². The first-order chi connectivity index (χ1) is 15.6. The third kappa shape index (κ3) is 4.27. The molecule has 0 saturated carbocycles. The lowest BCUT2D eigenvalue weighted by Gasteiger charge is -2.11. The van der Waals surface area contributed by atoms with E-state index in [1.807, 2.05) is 30.3 Å². The summed E-state index contributed by atoms with van der Waals surface area (Å²) in [6.07, 6.45) is 1.63. The molecule has 0 fully saturated rings. The first-order valence-electron chi connectivity index (χ1n) is 9.86. The minimum atomic E-state index is -0.297. The molecular formula is C25H22N2O5. The Morgan fingerprint density at radius 2 is 1.69 bits per heavy atom. The lowest BCUT2D eigenvalue weighted by atomic mass is 10.1. The highest BCUT2D eigenvalue weighted by Crippen LogP contribution is 2.32. The minimum absolute atomic E-state index is 0.297. The molecule has 7 heteroatoms. The zero-order valence-electron chi connectivity index (χ0n) is 17.9. The topological polar surface area (TPSA) is 82.8 Å². The normalized spacial score (nSPS) is 10.5. The first-order valence-corrected chi connectivity index (χ1v) is 9.86. The van der Waals surface area contributed by atoms with E-state index in [4.69, 9.17) is 18.6 Å². The van der Waals surface area contributed by atoms with Gasteiger partial charge in [-0.2, -0.15) is 0 Å². The molecule has 0 aliphatic rings. The highest BCUT2D eigenvalue weighted by atomic mass is 16.5. The van der Waals surface area contributed by atoms with Crippen LogP contribution in [0.5, 0.6) is 17.2 Å². The number of benzene rings is 3. The van der Waals surface area contributed by atoms with Crippen LogP contribution in [0.15, 0.2) is 77.3 Å². The van der Waals surface area contributed by atoms with Gasteiger partial charge < -0.3 is 23.9 Å². The van der Waals surface area contributed by atoms with Crippen LogP contribution in [0.2, 0.25) is 0 Å². The zero-order chi connectivity index (χ0) is 22.5. The zero-order valence-corrected chi connectivity index (χ0v) is 17.9. The van der Waals surface area contributed by atoms with Crippen LogP contribution >= 0.6 is 0 Å². The summed E-state index contributed by atoms with van der Waals surface area (Å²) in [6.45, 7) is 0. The Labute approximate surface area is 185 Å². The number of ether oxygens (including phenoxy) is 3. The molecule has 0 radical (unpaired) electrons. The summed E-state index contributed by atoms with van der Waals surface area (Å²) < 4.78 is 21.8. The van der Waals surface area contributed by atoms with Gasteiger partial charge in [-0.15, -0.1) is 0 Å². The fourth-order valence-electron chi connectivity index (χ4n) is 3.29. The molecule has 32 heavy (non-hydrogen) atoms. The molecule has 4 aromatic rings. The molecule has 162 valence electrons. The molecule has 0 spiro atoms. The highest BCUT2D eigenvalue weighted by molar-refractivity contribution is 6.08. The highest BCUT2D eigenvalue weighted by Gasteiger charge is 2.18. The van der Waals surface area contributed by atoms with E-state index in [0.29, 0.717) is 40.0 Å². The number of oxazole rings is 1. The van der Waals surface area contributed by atoms with Crippen LogP contribution in [-0.2, 0) is 0 Å². The Bertz CT molecular complexity index is 1250. The van der Waals surface area contributed by atoms with Gasteiger partial charge in [0.1, 0.15) is 5.75 Å². The average Bonchev–Trinajstić information content (AvgIpc) is 3.34. The van der Waals surface area contributed by atoms with Gasteiger partial charge in [-0.1, -0.05) is 24.3 Å². The molecule has 4 rings (SSSR count). The van der Waals surface area contributed by atoms with E-state index >= 15 is 0 Å². The fourth-order valence-corrected chi connectivity index (χ4v) is 3.29. The van der Waals surface area contributed by atoms with E-state index in [-0.39, 0.29) is 5.91 Å². The van der Waals surface area contributed by atoms with Gasteiger partial charge in [-0.3, -0.25) is 4.79 Å². The molecular weight excluding hydrogens is 408 g/mol. The van der Waals surface area contributed by atoms with E-state index < -0.39 is 0 Å². The van der Waals surface area contributed by atoms with Gasteiger partial charge in [0, 0.05) is 22.9 Å². The molecule has 7 nitrogen and oxygen atoms in total. The molecule has 1 heterocycles. The number of rotatable bonds is 7. The SMILES string of the molecule is COc1cccc(-c2cnc(-c3ccccc3C(=O)Nc3ccc(OC)c(OC)c3)o2)c1. The Kier molecular flexibility index (Phi) is 6.07. The molecule has 0 saturated heterocycles. The maximum atomic E-state index is 13.1. The molecule has 1 N–H and O–H groups in total. The number of anilines is 1. The molecule has 0 unspecified atom stereocenters. The van der Waals surface area contributed by atoms with Crippen LogP contribution in [0.25, 0.3) is 22.8 Å². The van der Waals surface area contributed by atoms with Crippen molar-refractivity contribution in [3.8, 4) is 40.0 Å². The molecule has 1 amide bonds. The van der Waals surface area contributed by atoms with Crippen LogP contribution < -0.4 is 19.5 Å². The number of amides is 1. The predicted octanol–water partition coefficient (Wildman–Crippen LogP) is 5.29. The number of nitrogens with zero attached hydrogens (tertiary/aromatic N) is 1. The average molecular weight is 430 g/mol. The van der Waals surface area contributed by atoms with Gasteiger partial charge in [0.05, 0.1) is 33.1 Å². The van der Waals surface area contributed by atoms with Gasteiger partial charge in [0.15, 0.2) is 17.3 Å². The maximum absolute atomic E-state index is 13.1. The van der Waals surface area contributed by atoms with Crippen molar-refractivity contribution in [3.05, 3.63) is 78.5 Å². The molecule has 3 aromatic carbocycles. The molecule has 0 aliphatic heterocycles. The predicted molar refractivity (Wildman–Crippen MR) is 121 cm³/mol. The van der Waals surface area contributed by atoms with Crippen molar-refractivity contribution in [2.24, 2.45) is 0 Å². The molecule has 0 atom stereocenters. The van der Waals surface area contributed by atoms with Crippen LogP contribution in [0.1, 0.15) is 10.4 Å². The van der Waals surface area contributed by atoms with E-state index in [1.165, 1.54) is 0 Å². The molecule has 1 aromatic heterocycles. The number of nitrogens with one attached hydrogen (secondary N) is 1. The number of hydrogen-bond acceptors (Lipinski definition) is 6. The standard InChI is InChI=1S/C25H22N2O5/c1-29-18-8-6-7-16(13-18)23-15-26-25(32-23)20-10-5-4-9-19(20)24(28)27-17-11-12-21(30-2)22(14-17)31-3/h4-15H,1-3H3,(H,27,28). The van der Waals surface area contributed by atoms with Crippen LogP contribution in [0.3, 0.4) is 0 Å². The largest absolute Gasteiger partial charge is 0.497 e. The van der Waals surface area contributed by atoms with Gasteiger partial charge >= 0.3 is 0 Å². The van der Waals surface area contributed by atoms with E-state index in [9.17, 15) is 4.79 Å². The van der Waals surface area contributed by atoms with Crippen molar-refractivity contribution in [1.29, 1.82) is 0 Å². The molecule has 0 aliphatic carbocycles. The summed E-state index contributed by atoms with van der Waals surface area (Å²) in [4.78, 5) is 17.4. The number of hydrogen-bond donors (Lipinski definition) is 1. The number of methoxy groups -OCH3 is 3. The van der Waals surface area contributed by atoms with E-state index in [1.54, 1.807) is 63.9 Å². The van der Waals surface area contributed by atoms with E-state index in [2.05, 4.69) is 10.3 Å². The second-order valence-corrected chi connectivity index (χ2v) is 6.83. The van der Waals surface area contributed by atoms with Crippen LogP contribution in [0, 0.1) is 0 Å². The Balaban J connectivity index is 1.62. The second kappa shape index (κ2) is 9.26. The number of carbonyl (C=O) groups excluding carboxylic acids is 1. The van der Waals surface area contributed by atoms with Crippen molar-refractivity contribution in [3.63, 3.8) is 0 Å². The van der Waals surface area contributed by atoms with Gasteiger partial charge in [0.25, 0.3) is 5.91 Å². The molecule has 0 bridgehead atoms. The Morgan fingerprint density at radius 1 is 0.875 bits per heavy atom. The summed E-state index contributed by atoms with van der Waals surface area (Å²) in [5, 5.41) is 2.89. The first kappa shape index (κ1) is 21.0. The Morgan fingerprint density at radius 3 is 2.47 bits per heavy atom. The monoisotopic (exact) mass is 430 g/mol. The minimum Gasteiger partial charge on any atom is -0.497 e. The maximum Gasteiger partial charge on any atom is 0.256 e. The third-order valence-electron chi connectivity index (χ3n) is 4.90. The van der Waals surface area contributed by atoms with Gasteiger partial charge in [-0.05, 0) is 36.4 Å². The summed E-state index contributed by atoms with van der Waals surface area (Å²) >= 11 is 0. The summed E-state index contributed by atoms with van der Waals surface area (Å²) in [6, 6.07) is 19.8. The lowest BCUT2D eigenvalue weighted by Crippen LogP contribution is -2.13. The lowest BCUT2D eigenvalue weighted by molar-refractivity contribution is 0.102. The van der Waals surface area contributed by atoms with Crippen molar-refractivity contribution >= 4 is 11.6 Å². The Hall–Kier alpha value is -4.26. The van der Waals surface area contributed by atoms with Crippen molar-refractivity contribution in [2.75, 3.05) is 26.6 Å². The van der Waals surface area contributed by atoms with E-state index in [0.717, 1.165) is 11.3 Å². The number of carbonyl (C=O) groups is 1. The van der Waals surface area contributed by atoms with Crippen molar-refractivity contribution in [1.82, 2.24) is 4.98 Å². The summed E-state index contributed by atoms with van der Waals surface area (Å²) in [5.41, 5.74) is 2.42. The van der Waals surface area contributed by atoms with Crippen molar-refractivity contribution in [2.45, 2.75) is 0 Å². The summed E-state index contributed by atoms with van der Waals surface area (Å²) in [7, 11) is 4.71. The van der Waals surface area contributed by atoms with Crippen LogP contribution in [0.4, 0.5) is 5.69 Å². The third-order valence-corrected chi connectivity index (χ3v) is 4.90. The fraction of sp³-hybridized carbons (Fsp3) is 0.120. The van der Waals surface area contributed by atoms with Gasteiger partial charge in [-0.25, -0.2) is 4.98 Å². The van der Waals surface area contributed by atoms with Crippen molar-refractivity contribution < 1.29 is 23.4 Å². The number of aromatic nitrogens is 1. The quantitative estimate of drug-likeness (QED) is 0.429.